The molecule has 1 aromatic carbocycles. The van der Waals surface area contributed by atoms with Gasteiger partial charge in [-0.15, -0.1) is 3.96 Å². The molecule has 0 amide bonds. The van der Waals surface area contributed by atoms with E-state index >= 15 is 0 Å². The Morgan fingerprint density at radius 3 is 2.67 bits per heavy atom. The zero-order valence-corrected chi connectivity index (χ0v) is 8.75. The van der Waals surface area contributed by atoms with Gasteiger partial charge in [0.25, 0.3) is 0 Å². The number of fused-ring (bicyclic) bond motifs is 1. The Bertz CT molecular complexity index is 361. The average molecular weight is 220 g/mol. The first kappa shape index (κ1) is 9.78. The molecule has 1 nitrogen and oxygen atoms in total. The van der Waals surface area contributed by atoms with Crippen LogP contribution in [0.5, 0.6) is 0 Å². The van der Waals surface area contributed by atoms with E-state index in [9.17, 15) is 0 Å². The van der Waals surface area contributed by atoms with Crippen LogP contribution in [0.15, 0.2) is 24.3 Å². The molecule has 0 fully saturated rings. The standard InChI is InChI=1S/C8H7ClNS.ClH/c1-10-7-5-3-2-4-6(7)8(9)11-10;/h2-5H,1H3;1H/q+1;/p-1. The summed E-state index contributed by atoms with van der Waals surface area (Å²) in [7, 11) is 2.01. The molecular weight excluding hydrogens is 213 g/mol. The van der Waals surface area contributed by atoms with Crippen LogP contribution in [0.2, 0.25) is 4.34 Å². The van der Waals surface area contributed by atoms with Crippen LogP contribution in [0.25, 0.3) is 10.9 Å². The highest BCUT2D eigenvalue weighted by Crippen LogP contribution is 2.24. The van der Waals surface area contributed by atoms with Gasteiger partial charge in [0.05, 0.1) is 5.39 Å². The number of aryl methyl sites for hydroxylation is 1. The molecule has 4 heteroatoms. The van der Waals surface area contributed by atoms with Gasteiger partial charge >= 0.3 is 0 Å². The van der Waals surface area contributed by atoms with Crippen LogP contribution in [-0.4, -0.2) is 0 Å². The second-order valence-electron chi connectivity index (χ2n) is 2.38. The molecule has 64 valence electrons. The van der Waals surface area contributed by atoms with Crippen LogP contribution in [0.3, 0.4) is 0 Å². The Labute approximate surface area is 86.1 Å². The lowest BCUT2D eigenvalue weighted by molar-refractivity contribution is -0.573. The quantitative estimate of drug-likeness (QED) is 0.521. The highest BCUT2D eigenvalue weighted by molar-refractivity contribution is 7.08. The minimum atomic E-state index is 0. The van der Waals surface area contributed by atoms with Crippen LogP contribution in [0.4, 0.5) is 0 Å². The van der Waals surface area contributed by atoms with Gasteiger partial charge in [0.2, 0.25) is 5.52 Å². The van der Waals surface area contributed by atoms with Gasteiger partial charge in [-0.05, 0) is 6.07 Å². The molecular formula is C8H7Cl2NS. The van der Waals surface area contributed by atoms with E-state index in [1.165, 1.54) is 5.52 Å². The highest BCUT2D eigenvalue weighted by atomic mass is 35.5. The van der Waals surface area contributed by atoms with E-state index in [-0.39, 0.29) is 12.4 Å². The van der Waals surface area contributed by atoms with E-state index in [2.05, 4.69) is 10.0 Å². The molecule has 2 aromatic rings. The Kier molecular flexibility index (Phi) is 2.94. The van der Waals surface area contributed by atoms with Crippen molar-refractivity contribution < 1.29 is 16.4 Å². The molecule has 0 aliphatic heterocycles. The summed E-state index contributed by atoms with van der Waals surface area (Å²) < 4.78 is 2.93. The number of hydrogen-bond donors (Lipinski definition) is 0. The Hall–Kier alpha value is -0.310. The van der Waals surface area contributed by atoms with Crippen molar-refractivity contribution in [1.82, 2.24) is 0 Å². The first-order valence-corrected chi connectivity index (χ1v) is 4.48. The summed E-state index contributed by atoms with van der Waals surface area (Å²) in [5.74, 6) is 0. The lowest BCUT2D eigenvalue weighted by atomic mass is 10.3. The van der Waals surface area contributed by atoms with Crippen molar-refractivity contribution in [3.8, 4) is 0 Å². The Morgan fingerprint density at radius 2 is 2.00 bits per heavy atom. The number of para-hydroxylation sites is 1. The average Bonchev–Trinajstić information content (AvgIpc) is 2.30. The predicted octanol–water partition coefficient (Wildman–Crippen LogP) is -0.617. The van der Waals surface area contributed by atoms with E-state index in [0.29, 0.717) is 0 Å². The molecule has 0 bridgehead atoms. The Morgan fingerprint density at radius 1 is 1.33 bits per heavy atom. The fourth-order valence-corrected chi connectivity index (χ4v) is 2.37. The van der Waals surface area contributed by atoms with Crippen molar-refractivity contribution in [3.05, 3.63) is 28.6 Å². The van der Waals surface area contributed by atoms with Gasteiger partial charge in [-0.1, -0.05) is 23.7 Å². The highest BCUT2D eigenvalue weighted by Gasteiger charge is 2.12. The normalized spacial score (nSPS) is 9.83. The number of aromatic nitrogens is 1. The summed E-state index contributed by atoms with van der Waals surface area (Å²) >= 11 is 7.54. The topological polar surface area (TPSA) is 3.88 Å². The zero-order chi connectivity index (χ0) is 7.84. The lowest BCUT2D eigenvalue weighted by Crippen LogP contribution is -3.00. The summed E-state index contributed by atoms with van der Waals surface area (Å²) in [5.41, 5.74) is 1.20. The molecule has 0 radical (unpaired) electrons. The Balaban J connectivity index is 0.000000720. The molecule has 1 heterocycles. The van der Waals surface area contributed by atoms with Crippen molar-refractivity contribution in [2.75, 3.05) is 0 Å². The van der Waals surface area contributed by atoms with E-state index < -0.39 is 0 Å². The third-order valence-electron chi connectivity index (χ3n) is 1.67. The van der Waals surface area contributed by atoms with Gasteiger partial charge in [-0.25, -0.2) is 0 Å². The van der Waals surface area contributed by atoms with Crippen molar-refractivity contribution >= 4 is 34.0 Å². The predicted molar refractivity (Wildman–Crippen MR) is 48.0 cm³/mol. The zero-order valence-electron chi connectivity index (χ0n) is 6.42. The third kappa shape index (κ3) is 1.42. The number of nitrogens with zero attached hydrogens (tertiary/aromatic N) is 1. The molecule has 0 saturated heterocycles. The third-order valence-corrected chi connectivity index (χ3v) is 2.93. The van der Waals surface area contributed by atoms with Crippen LogP contribution in [-0.2, 0) is 7.05 Å². The van der Waals surface area contributed by atoms with Crippen molar-refractivity contribution in [2.45, 2.75) is 0 Å². The molecule has 0 saturated carbocycles. The van der Waals surface area contributed by atoms with Crippen LogP contribution < -0.4 is 16.4 Å². The van der Waals surface area contributed by atoms with Crippen molar-refractivity contribution in [1.29, 1.82) is 0 Å². The molecule has 0 atom stereocenters. The minimum Gasteiger partial charge on any atom is -1.00 e. The maximum atomic E-state index is 5.98. The molecule has 0 aliphatic carbocycles. The van der Waals surface area contributed by atoms with E-state index in [0.717, 1.165) is 9.72 Å². The molecule has 0 aliphatic rings. The molecule has 2 rings (SSSR count). The number of halogens is 2. The molecule has 0 spiro atoms. The molecule has 0 N–H and O–H groups in total. The van der Waals surface area contributed by atoms with Crippen LogP contribution >= 0.6 is 23.1 Å². The first-order chi connectivity index (χ1) is 5.29. The van der Waals surface area contributed by atoms with Crippen LogP contribution in [0.1, 0.15) is 0 Å². The molecule has 0 unspecified atom stereocenters. The summed E-state index contributed by atoms with van der Waals surface area (Å²) in [6.07, 6.45) is 0. The van der Waals surface area contributed by atoms with E-state index in [1.807, 2.05) is 25.2 Å². The SMILES string of the molecule is C[n+]1sc(Cl)c2ccccc21.[Cl-]. The summed E-state index contributed by atoms with van der Waals surface area (Å²) in [4.78, 5) is 0. The van der Waals surface area contributed by atoms with Crippen molar-refractivity contribution in [3.63, 3.8) is 0 Å². The van der Waals surface area contributed by atoms with Gasteiger partial charge in [0.1, 0.15) is 0 Å². The fraction of sp³-hybridized carbons (Fsp3) is 0.125. The van der Waals surface area contributed by atoms with Gasteiger partial charge < -0.3 is 12.4 Å². The van der Waals surface area contributed by atoms with Crippen molar-refractivity contribution in [2.24, 2.45) is 7.05 Å². The summed E-state index contributed by atoms with van der Waals surface area (Å²) in [6, 6.07) is 8.12. The summed E-state index contributed by atoms with van der Waals surface area (Å²) in [5, 5.41) is 1.14. The largest absolute Gasteiger partial charge is 1.00 e. The number of rotatable bonds is 0. The maximum Gasteiger partial charge on any atom is 0.228 e. The second-order valence-corrected chi connectivity index (χ2v) is 4.12. The molecule has 12 heavy (non-hydrogen) atoms. The smallest absolute Gasteiger partial charge is 0.228 e. The lowest BCUT2D eigenvalue weighted by Gasteiger charge is -1.81. The fourth-order valence-electron chi connectivity index (χ4n) is 1.13. The molecule has 1 aromatic heterocycles. The number of hydrogen-bond acceptors (Lipinski definition) is 1. The van der Waals surface area contributed by atoms with E-state index in [1.54, 1.807) is 11.5 Å². The van der Waals surface area contributed by atoms with Gasteiger partial charge in [-0.2, -0.15) is 0 Å². The maximum absolute atomic E-state index is 5.98. The van der Waals surface area contributed by atoms with Gasteiger partial charge in [0.15, 0.2) is 22.9 Å². The minimum absolute atomic E-state index is 0. The summed E-state index contributed by atoms with van der Waals surface area (Å²) in [6.45, 7) is 0. The first-order valence-electron chi connectivity index (χ1n) is 3.32. The van der Waals surface area contributed by atoms with E-state index in [4.69, 9.17) is 11.6 Å². The van der Waals surface area contributed by atoms with Gasteiger partial charge in [-0.3, -0.25) is 0 Å². The second kappa shape index (κ2) is 3.60. The number of benzene rings is 1. The monoisotopic (exact) mass is 219 g/mol. The van der Waals surface area contributed by atoms with Crippen LogP contribution in [0, 0.1) is 0 Å². The van der Waals surface area contributed by atoms with Gasteiger partial charge in [0, 0.05) is 6.07 Å².